The molecule has 192 valence electrons. The number of fused-ring (bicyclic) bond motifs is 1. The molecule has 3 aromatic carbocycles. The molecule has 12 heteroatoms. The lowest BCUT2D eigenvalue weighted by atomic mass is 10.2. The minimum absolute atomic E-state index is 0.0753. The van der Waals surface area contributed by atoms with Gasteiger partial charge in [0.2, 0.25) is 10.0 Å². The molecule has 1 aromatic heterocycles. The van der Waals surface area contributed by atoms with E-state index in [2.05, 4.69) is 4.99 Å². The zero-order valence-electron chi connectivity index (χ0n) is 20.3. The average Bonchev–Trinajstić information content (AvgIpc) is 3.21. The molecule has 0 atom stereocenters. The topological polar surface area (TPSA) is 124 Å². The maximum Gasteiger partial charge on any atom is 0.279 e. The van der Waals surface area contributed by atoms with Crippen molar-refractivity contribution in [2.45, 2.75) is 18.4 Å². The van der Waals surface area contributed by atoms with Gasteiger partial charge in [0.05, 0.1) is 27.7 Å². The third-order valence-corrected chi connectivity index (χ3v) is 8.78. The number of amides is 1. The summed E-state index contributed by atoms with van der Waals surface area (Å²) < 4.78 is 35.2. The average molecular weight is 541 g/mol. The smallest absolute Gasteiger partial charge is 0.279 e. The van der Waals surface area contributed by atoms with Gasteiger partial charge in [0.1, 0.15) is 5.52 Å². The van der Waals surface area contributed by atoms with Crippen molar-refractivity contribution in [1.29, 1.82) is 0 Å². The zero-order chi connectivity index (χ0) is 26.7. The fourth-order valence-electron chi connectivity index (χ4n) is 3.82. The number of ether oxygens (including phenoxy) is 1. The number of nitro benzene ring substituents is 1. The normalized spacial score (nSPS) is 12.3. The molecule has 0 radical (unpaired) electrons. The van der Waals surface area contributed by atoms with Gasteiger partial charge in [-0.25, -0.2) is 8.42 Å². The predicted molar refractivity (Wildman–Crippen MR) is 140 cm³/mol. The van der Waals surface area contributed by atoms with Crippen molar-refractivity contribution in [2.75, 3.05) is 13.7 Å². The lowest BCUT2D eigenvalue weighted by Crippen LogP contribution is -2.30. The molecule has 0 saturated heterocycles. The Labute approximate surface area is 217 Å². The monoisotopic (exact) mass is 540 g/mol. The second-order valence-corrected chi connectivity index (χ2v) is 11.0. The maximum absolute atomic E-state index is 13.2. The number of hydrogen-bond acceptors (Lipinski definition) is 7. The van der Waals surface area contributed by atoms with Gasteiger partial charge < -0.3 is 9.30 Å². The van der Waals surface area contributed by atoms with Gasteiger partial charge >= 0.3 is 0 Å². The number of benzene rings is 3. The minimum Gasteiger partial charge on any atom is -0.494 e. The standard InChI is InChI=1S/C25H24N4O6S2/c1-4-28(16-17-8-6-5-7-9-17)37(33,34)20-12-10-18(11-13-20)24(30)26-25-27(2)23-21(35-3)14-19(29(31)32)15-22(23)36-25/h5-15H,4,16H2,1-3H3. The molecule has 1 heterocycles. The van der Waals surface area contributed by atoms with Crippen molar-refractivity contribution in [1.82, 2.24) is 8.87 Å². The summed E-state index contributed by atoms with van der Waals surface area (Å²) >= 11 is 1.11. The van der Waals surface area contributed by atoms with Gasteiger partial charge in [-0.15, -0.1) is 0 Å². The SMILES string of the molecule is CCN(Cc1ccccc1)S(=O)(=O)c1ccc(C(=O)N=c2sc3cc([N+](=O)[O-])cc(OC)c3n2C)cc1. The summed E-state index contributed by atoms with van der Waals surface area (Å²) in [6.45, 7) is 2.29. The first-order valence-electron chi connectivity index (χ1n) is 11.2. The number of nitro groups is 1. The van der Waals surface area contributed by atoms with E-state index in [1.807, 2.05) is 30.3 Å². The molecule has 0 N–H and O–H groups in total. The number of non-ortho nitro benzene ring substituents is 1. The van der Waals surface area contributed by atoms with E-state index >= 15 is 0 Å². The number of thiazole rings is 1. The van der Waals surface area contributed by atoms with E-state index in [1.165, 1.54) is 47.8 Å². The number of aromatic nitrogens is 1. The van der Waals surface area contributed by atoms with E-state index in [4.69, 9.17) is 4.74 Å². The lowest BCUT2D eigenvalue weighted by molar-refractivity contribution is -0.384. The summed E-state index contributed by atoms with van der Waals surface area (Å²) in [5, 5.41) is 11.2. The number of carbonyl (C=O) groups is 1. The molecular formula is C25H24N4O6S2. The Balaban J connectivity index is 1.63. The molecular weight excluding hydrogens is 516 g/mol. The summed E-state index contributed by atoms with van der Waals surface area (Å²) in [4.78, 5) is 28.2. The van der Waals surface area contributed by atoms with E-state index in [0.717, 1.165) is 16.9 Å². The zero-order valence-corrected chi connectivity index (χ0v) is 22.0. The first-order valence-corrected chi connectivity index (χ1v) is 13.5. The Kier molecular flexibility index (Phi) is 7.52. The molecule has 0 unspecified atom stereocenters. The molecule has 0 saturated carbocycles. The number of methoxy groups -OCH3 is 1. The molecule has 0 aliphatic rings. The van der Waals surface area contributed by atoms with Gasteiger partial charge in [-0.2, -0.15) is 9.30 Å². The number of hydrogen-bond donors (Lipinski definition) is 0. The first-order chi connectivity index (χ1) is 17.6. The van der Waals surface area contributed by atoms with Crippen LogP contribution in [-0.4, -0.2) is 41.8 Å². The second kappa shape index (κ2) is 10.6. The van der Waals surface area contributed by atoms with E-state index in [1.54, 1.807) is 18.5 Å². The third kappa shape index (κ3) is 5.31. The van der Waals surface area contributed by atoms with Crippen LogP contribution >= 0.6 is 11.3 Å². The molecule has 0 aliphatic carbocycles. The highest BCUT2D eigenvalue weighted by Crippen LogP contribution is 2.32. The molecule has 10 nitrogen and oxygen atoms in total. The van der Waals surface area contributed by atoms with Crippen molar-refractivity contribution in [3.63, 3.8) is 0 Å². The molecule has 0 spiro atoms. The lowest BCUT2D eigenvalue weighted by Gasteiger charge is -2.20. The van der Waals surface area contributed by atoms with Crippen molar-refractivity contribution in [3.05, 3.63) is 92.8 Å². The van der Waals surface area contributed by atoms with E-state index in [9.17, 15) is 23.3 Å². The van der Waals surface area contributed by atoms with Crippen LogP contribution in [0.15, 0.2) is 76.6 Å². The van der Waals surface area contributed by atoms with Crippen LogP contribution in [0, 0.1) is 10.1 Å². The summed E-state index contributed by atoms with van der Waals surface area (Å²) in [5.74, 6) is -0.279. The van der Waals surface area contributed by atoms with Crippen molar-refractivity contribution >= 4 is 43.2 Å². The Hall–Kier alpha value is -3.87. The Bertz CT molecular complexity index is 1640. The van der Waals surface area contributed by atoms with Crippen molar-refractivity contribution < 1.29 is 22.9 Å². The van der Waals surface area contributed by atoms with Gasteiger partial charge in [-0.3, -0.25) is 14.9 Å². The number of sulfonamides is 1. The highest BCUT2D eigenvalue weighted by Gasteiger charge is 2.24. The molecule has 1 amide bonds. The van der Waals surface area contributed by atoms with E-state index in [0.29, 0.717) is 20.8 Å². The highest BCUT2D eigenvalue weighted by atomic mass is 32.2. The molecule has 37 heavy (non-hydrogen) atoms. The van der Waals surface area contributed by atoms with Crippen LogP contribution < -0.4 is 9.54 Å². The van der Waals surface area contributed by atoms with Gasteiger partial charge in [0, 0.05) is 31.8 Å². The fourth-order valence-corrected chi connectivity index (χ4v) is 6.33. The van der Waals surface area contributed by atoms with Gasteiger partial charge in [-0.05, 0) is 29.8 Å². The van der Waals surface area contributed by atoms with Crippen LogP contribution in [0.4, 0.5) is 5.69 Å². The molecule has 4 rings (SSSR count). The minimum atomic E-state index is -3.77. The number of rotatable bonds is 8. The van der Waals surface area contributed by atoms with Crippen LogP contribution in [0.1, 0.15) is 22.8 Å². The van der Waals surface area contributed by atoms with Gasteiger partial charge in [0.25, 0.3) is 11.6 Å². The van der Waals surface area contributed by atoms with Gasteiger partial charge in [-0.1, -0.05) is 48.6 Å². The molecule has 0 fully saturated rings. The fraction of sp³-hybridized carbons (Fsp3) is 0.200. The van der Waals surface area contributed by atoms with E-state index < -0.39 is 20.9 Å². The van der Waals surface area contributed by atoms with Crippen LogP contribution in [0.25, 0.3) is 10.2 Å². The summed E-state index contributed by atoms with van der Waals surface area (Å²) in [5.41, 5.74) is 1.52. The number of nitrogens with zero attached hydrogens (tertiary/aromatic N) is 4. The summed E-state index contributed by atoms with van der Waals surface area (Å²) in [6, 6.07) is 17.7. The molecule has 4 aromatic rings. The van der Waals surface area contributed by atoms with Crippen molar-refractivity contribution in [2.24, 2.45) is 12.0 Å². The predicted octanol–water partition coefficient (Wildman–Crippen LogP) is 4.11. The second-order valence-electron chi connectivity index (χ2n) is 8.05. The third-order valence-electron chi connectivity index (χ3n) is 5.77. The number of carbonyl (C=O) groups excluding carboxylic acids is 1. The van der Waals surface area contributed by atoms with Crippen LogP contribution in [-0.2, 0) is 23.6 Å². The summed E-state index contributed by atoms with van der Waals surface area (Å²) in [7, 11) is -0.682. The Morgan fingerprint density at radius 3 is 2.41 bits per heavy atom. The van der Waals surface area contributed by atoms with Crippen LogP contribution in [0.3, 0.4) is 0 Å². The Morgan fingerprint density at radius 2 is 1.81 bits per heavy atom. The van der Waals surface area contributed by atoms with Crippen molar-refractivity contribution in [3.8, 4) is 5.75 Å². The van der Waals surface area contributed by atoms with E-state index in [-0.39, 0.29) is 29.2 Å². The molecule has 0 aliphatic heterocycles. The Morgan fingerprint density at radius 1 is 1.14 bits per heavy atom. The first kappa shape index (κ1) is 26.2. The quantitative estimate of drug-likeness (QED) is 0.245. The maximum atomic E-state index is 13.2. The largest absolute Gasteiger partial charge is 0.494 e. The number of aryl methyl sites for hydroxylation is 1. The van der Waals surface area contributed by atoms with Crippen LogP contribution in [0.5, 0.6) is 5.75 Å². The summed E-state index contributed by atoms with van der Waals surface area (Å²) in [6.07, 6.45) is 0. The molecule has 0 bridgehead atoms. The van der Waals surface area contributed by atoms with Gasteiger partial charge in [0.15, 0.2) is 10.6 Å². The highest BCUT2D eigenvalue weighted by molar-refractivity contribution is 7.89. The van der Waals surface area contributed by atoms with Crippen LogP contribution in [0.2, 0.25) is 0 Å².